The summed E-state index contributed by atoms with van der Waals surface area (Å²) in [4.78, 5) is 11.0. The number of carboxylic acids is 1. The molecule has 2 aromatic carbocycles. The number of ether oxygens (including phenoxy) is 1. The lowest BCUT2D eigenvalue weighted by atomic mass is 10.2. The number of carboxylic acid groups (broad SMARTS) is 1. The lowest BCUT2D eigenvalue weighted by Crippen LogP contribution is -2.01. The molecular weight excluding hydrogens is 350 g/mol. The van der Waals surface area contributed by atoms with Gasteiger partial charge >= 0.3 is 5.97 Å². The van der Waals surface area contributed by atoms with Crippen LogP contribution >= 0.6 is 22.6 Å². The summed E-state index contributed by atoms with van der Waals surface area (Å²) in [5, 5.41) is 8.97. The molecule has 2 aromatic rings. The molecule has 0 aliphatic heterocycles. The Morgan fingerprint density at radius 1 is 1.22 bits per heavy atom. The Labute approximate surface area is 116 Å². The predicted molar refractivity (Wildman–Crippen MR) is 72.6 cm³/mol. The van der Waals surface area contributed by atoms with Crippen LogP contribution in [0.25, 0.3) is 0 Å². The predicted octanol–water partition coefficient (Wildman–Crippen LogP) is 3.92. The van der Waals surface area contributed by atoms with Gasteiger partial charge in [0.05, 0.1) is 0 Å². The van der Waals surface area contributed by atoms with E-state index in [0.29, 0.717) is 5.75 Å². The van der Waals surface area contributed by atoms with E-state index in [1.165, 1.54) is 12.1 Å². The molecule has 92 valence electrons. The normalized spacial score (nSPS) is 10.1. The molecule has 0 amide bonds. The van der Waals surface area contributed by atoms with Crippen LogP contribution in [0, 0.1) is 9.39 Å². The molecule has 0 bridgehead atoms. The van der Waals surface area contributed by atoms with Gasteiger partial charge in [0.15, 0.2) is 11.6 Å². The molecule has 0 heterocycles. The minimum atomic E-state index is -1.23. The van der Waals surface area contributed by atoms with E-state index in [1.54, 1.807) is 18.2 Å². The van der Waals surface area contributed by atoms with Crippen molar-refractivity contribution < 1.29 is 19.0 Å². The first-order valence-electron chi connectivity index (χ1n) is 5.03. The zero-order chi connectivity index (χ0) is 13.1. The van der Waals surface area contributed by atoms with Crippen molar-refractivity contribution in [1.29, 1.82) is 0 Å². The van der Waals surface area contributed by atoms with E-state index < -0.39 is 11.8 Å². The molecule has 0 aliphatic carbocycles. The van der Waals surface area contributed by atoms with Gasteiger partial charge in [-0.05, 0) is 52.9 Å². The van der Waals surface area contributed by atoms with Crippen molar-refractivity contribution in [2.75, 3.05) is 0 Å². The minimum Gasteiger partial charge on any atom is -0.478 e. The third kappa shape index (κ3) is 2.79. The molecule has 0 radical (unpaired) electrons. The number of aromatic carboxylic acids is 1. The molecule has 0 fully saturated rings. The van der Waals surface area contributed by atoms with Gasteiger partial charge in [0, 0.05) is 3.57 Å². The Bertz CT molecular complexity index is 599. The summed E-state index contributed by atoms with van der Waals surface area (Å²) < 4.78 is 19.8. The highest BCUT2D eigenvalue weighted by Crippen LogP contribution is 2.29. The van der Waals surface area contributed by atoms with Crippen LogP contribution in [0.15, 0.2) is 42.5 Å². The van der Waals surface area contributed by atoms with E-state index in [0.717, 1.165) is 9.64 Å². The fraction of sp³-hybridized carbons (Fsp3) is 0. The topological polar surface area (TPSA) is 46.5 Å². The third-order valence-corrected chi connectivity index (χ3v) is 2.88. The molecule has 0 atom stereocenters. The van der Waals surface area contributed by atoms with Crippen LogP contribution in [0.1, 0.15) is 10.4 Å². The summed E-state index contributed by atoms with van der Waals surface area (Å²) in [6.45, 7) is 0. The summed E-state index contributed by atoms with van der Waals surface area (Å²) in [7, 11) is 0. The van der Waals surface area contributed by atoms with Crippen molar-refractivity contribution in [3.63, 3.8) is 0 Å². The molecule has 2 rings (SSSR count). The maximum atomic E-state index is 13.6. The highest BCUT2D eigenvalue weighted by atomic mass is 127. The van der Waals surface area contributed by atoms with E-state index in [4.69, 9.17) is 9.84 Å². The zero-order valence-corrected chi connectivity index (χ0v) is 11.2. The molecular formula is C13H8FIO3. The molecule has 0 saturated heterocycles. The van der Waals surface area contributed by atoms with Crippen molar-refractivity contribution in [2.24, 2.45) is 0 Å². The molecule has 0 aliphatic rings. The van der Waals surface area contributed by atoms with Gasteiger partial charge in [-0.3, -0.25) is 0 Å². The van der Waals surface area contributed by atoms with Gasteiger partial charge in [0.25, 0.3) is 0 Å². The zero-order valence-electron chi connectivity index (χ0n) is 9.06. The smallest absolute Gasteiger partial charge is 0.339 e. The number of benzene rings is 2. The molecule has 0 saturated carbocycles. The van der Waals surface area contributed by atoms with Gasteiger partial charge in [-0.15, -0.1) is 0 Å². The quantitative estimate of drug-likeness (QED) is 0.846. The first-order valence-corrected chi connectivity index (χ1v) is 6.11. The van der Waals surface area contributed by atoms with E-state index >= 15 is 0 Å². The Morgan fingerprint density at radius 3 is 2.61 bits per heavy atom. The van der Waals surface area contributed by atoms with Gasteiger partial charge < -0.3 is 9.84 Å². The Hall–Kier alpha value is -1.63. The molecule has 3 nitrogen and oxygen atoms in total. The van der Waals surface area contributed by atoms with Crippen molar-refractivity contribution in [3.8, 4) is 11.5 Å². The fourth-order valence-corrected chi connectivity index (χ4v) is 1.94. The number of para-hydroxylation sites is 1. The molecule has 0 unspecified atom stereocenters. The van der Waals surface area contributed by atoms with Crippen molar-refractivity contribution >= 4 is 28.6 Å². The van der Waals surface area contributed by atoms with Crippen LogP contribution in [0.4, 0.5) is 4.39 Å². The third-order valence-electron chi connectivity index (χ3n) is 2.21. The van der Waals surface area contributed by atoms with E-state index in [9.17, 15) is 9.18 Å². The summed E-state index contributed by atoms with van der Waals surface area (Å²) >= 11 is 2.09. The van der Waals surface area contributed by atoms with Crippen LogP contribution < -0.4 is 4.74 Å². The standard InChI is InChI=1S/C13H8FIO3/c14-11-6-2-5-10(13(16)17)12(11)18-9-4-1-3-8(15)7-9/h1-7H,(H,16,17). The molecule has 18 heavy (non-hydrogen) atoms. The average Bonchev–Trinajstić information content (AvgIpc) is 2.31. The number of rotatable bonds is 3. The van der Waals surface area contributed by atoms with Crippen LogP contribution in [-0.2, 0) is 0 Å². The second kappa shape index (κ2) is 5.34. The van der Waals surface area contributed by atoms with Crippen LogP contribution in [0.3, 0.4) is 0 Å². The number of hydrogen-bond acceptors (Lipinski definition) is 2. The van der Waals surface area contributed by atoms with Crippen molar-refractivity contribution in [2.45, 2.75) is 0 Å². The molecule has 0 spiro atoms. The number of carbonyl (C=O) groups is 1. The van der Waals surface area contributed by atoms with E-state index in [2.05, 4.69) is 22.6 Å². The molecule has 1 N–H and O–H groups in total. The van der Waals surface area contributed by atoms with E-state index in [1.807, 2.05) is 6.07 Å². The largest absolute Gasteiger partial charge is 0.478 e. The maximum absolute atomic E-state index is 13.6. The second-order valence-corrected chi connectivity index (χ2v) is 4.73. The SMILES string of the molecule is O=C(O)c1cccc(F)c1Oc1cccc(I)c1. The first kappa shape index (κ1) is 12.8. The van der Waals surface area contributed by atoms with Crippen molar-refractivity contribution in [1.82, 2.24) is 0 Å². The Balaban J connectivity index is 2.42. The maximum Gasteiger partial charge on any atom is 0.339 e. The van der Waals surface area contributed by atoms with E-state index in [-0.39, 0.29) is 11.3 Å². The molecule has 5 heteroatoms. The average molecular weight is 358 g/mol. The summed E-state index contributed by atoms with van der Waals surface area (Å²) in [5.41, 5.74) is -0.200. The van der Waals surface area contributed by atoms with Crippen LogP contribution in [0.2, 0.25) is 0 Å². The summed E-state index contributed by atoms with van der Waals surface area (Å²) in [6, 6.07) is 10.7. The fourth-order valence-electron chi connectivity index (χ4n) is 1.43. The highest BCUT2D eigenvalue weighted by Gasteiger charge is 2.16. The van der Waals surface area contributed by atoms with Gasteiger partial charge in [-0.25, -0.2) is 9.18 Å². The van der Waals surface area contributed by atoms with Gasteiger partial charge in [-0.1, -0.05) is 12.1 Å². The van der Waals surface area contributed by atoms with Crippen molar-refractivity contribution in [3.05, 3.63) is 57.4 Å². The lowest BCUT2D eigenvalue weighted by molar-refractivity contribution is 0.0693. The minimum absolute atomic E-state index is 0.200. The molecule has 0 aromatic heterocycles. The first-order chi connectivity index (χ1) is 8.58. The van der Waals surface area contributed by atoms with Crippen LogP contribution in [0.5, 0.6) is 11.5 Å². The summed E-state index contributed by atoms with van der Waals surface area (Å²) in [5.74, 6) is -1.80. The van der Waals surface area contributed by atoms with Gasteiger partial charge in [0.1, 0.15) is 11.3 Å². The summed E-state index contributed by atoms with van der Waals surface area (Å²) in [6.07, 6.45) is 0. The van der Waals surface area contributed by atoms with Gasteiger partial charge in [-0.2, -0.15) is 0 Å². The van der Waals surface area contributed by atoms with Gasteiger partial charge in [0.2, 0.25) is 0 Å². The Kier molecular flexibility index (Phi) is 3.81. The number of hydrogen-bond donors (Lipinski definition) is 1. The lowest BCUT2D eigenvalue weighted by Gasteiger charge is -2.09. The van der Waals surface area contributed by atoms with Crippen LogP contribution in [-0.4, -0.2) is 11.1 Å². The monoisotopic (exact) mass is 358 g/mol. The second-order valence-electron chi connectivity index (χ2n) is 3.48. The highest BCUT2D eigenvalue weighted by molar-refractivity contribution is 14.1. The number of halogens is 2. The Morgan fingerprint density at radius 2 is 1.94 bits per heavy atom.